The number of rotatable bonds is 7. The summed E-state index contributed by atoms with van der Waals surface area (Å²) in [6.07, 6.45) is 2.18. The summed E-state index contributed by atoms with van der Waals surface area (Å²) in [6.45, 7) is 0.531. The molecular formula is C18H17BrN4O3S. The van der Waals surface area contributed by atoms with E-state index in [1.807, 2.05) is 28.8 Å². The van der Waals surface area contributed by atoms with Gasteiger partial charge in [-0.2, -0.15) is 5.10 Å². The maximum atomic E-state index is 12.3. The minimum atomic E-state index is -0.304. The number of H-pyrrole nitrogens is 1. The zero-order valence-electron chi connectivity index (χ0n) is 14.3. The Bertz CT molecular complexity index is 1000. The van der Waals surface area contributed by atoms with Crippen LogP contribution in [-0.2, 0) is 13.2 Å². The minimum Gasteiger partial charge on any atom is -0.486 e. The van der Waals surface area contributed by atoms with Crippen LogP contribution in [0.15, 0.2) is 45.3 Å². The lowest BCUT2D eigenvalue weighted by atomic mass is 10.3. The van der Waals surface area contributed by atoms with E-state index in [2.05, 4.69) is 31.4 Å². The molecule has 1 saturated carbocycles. The van der Waals surface area contributed by atoms with Crippen LogP contribution < -0.4 is 10.1 Å². The van der Waals surface area contributed by atoms with Gasteiger partial charge in [0.2, 0.25) is 0 Å². The van der Waals surface area contributed by atoms with E-state index in [0.29, 0.717) is 16.6 Å². The number of aromatic nitrogens is 3. The van der Waals surface area contributed by atoms with Crippen LogP contribution in [0.3, 0.4) is 0 Å². The van der Waals surface area contributed by atoms with E-state index in [1.165, 1.54) is 0 Å². The smallest absolute Gasteiger partial charge is 0.287 e. The zero-order valence-corrected chi connectivity index (χ0v) is 16.7. The molecule has 1 aliphatic rings. The Morgan fingerprint density at radius 3 is 2.85 bits per heavy atom. The van der Waals surface area contributed by atoms with Gasteiger partial charge in [0.1, 0.15) is 18.1 Å². The Kier molecular flexibility index (Phi) is 5.13. The number of hydrogen-bond acceptors (Lipinski definition) is 5. The van der Waals surface area contributed by atoms with Crippen molar-refractivity contribution in [1.29, 1.82) is 0 Å². The number of amides is 1. The molecule has 0 radical (unpaired) electrons. The van der Waals surface area contributed by atoms with Crippen molar-refractivity contribution in [3.8, 4) is 5.75 Å². The highest BCUT2D eigenvalue weighted by Gasteiger charge is 2.27. The van der Waals surface area contributed by atoms with Crippen molar-refractivity contribution in [3.63, 3.8) is 0 Å². The summed E-state index contributed by atoms with van der Waals surface area (Å²) >= 11 is 8.62. The molecule has 140 valence electrons. The number of ether oxygens (including phenoxy) is 1. The predicted molar refractivity (Wildman–Crippen MR) is 104 cm³/mol. The van der Waals surface area contributed by atoms with Crippen molar-refractivity contribution in [2.75, 3.05) is 0 Å². The first-order valence-electron chi connectivity index (χ1n) is 8.51. The Labute approximate surface area is 168 Å². The van der Waals surface area contributed by atoms with Crippen molar-refractivity contribution < 1.29 is 13.9 Å². The maximum Gasteiger partial charge on any atom is 0.287 e. The van der Waals surface area contributed by atoms with Crippen LogP contribution >= 0.6 is 28.1 Å². The number of furan rings is 1. The van der Waals surface area contributed by atoms with E-state index >= 15 is 0 Å². The van der Waals surface area contributed by atoms with Gasteiger partial charge in [-0.25, -0.2) is 0 Å². The molecule has 7 nitrogen and oxygen atoms in total. The molecule has 0 saturated heterocycles. The summed E-state index contributed by atoms with van der Waals surface area (Å²) in [7, 11) is 0. The Hall–Kier alpha value is -2.39. The highest BCUT2D eigenvalue weighted by Crippen LogP contribution is 2.35. The fourth-order valence-electron chi connectivity index (χ4n) is 2.68. The summed E-state index contributed by atoms with van der Waals surface area (Å²) in [5, 5.41) is 9.79. The molecule has 1 fully saturated rings. The van der Waals surface area contributed by atoms with Crippen molar-refractivity contribution >= 4 is 34.1 Å². The van der Waals surface area contributed by atoms with Gasteiger partial charge in [-0.05, 0) is 61.5 Å². The van der Waals surface area contributed by atoms with Gasteiger partial charge in [0.15, 0.2) is 16.4 Å². The molecular weight excluding hydrogens is 432 g/mol. The third-order valence-electron chi connectivity index (χ3n) is 4.18. The van der Waals surface area contributed by atoms with Crippen LogP contribution in [0.2, 0.25) is 0 Å². The van der Waals surface area contributed by atoms with Crippen LogP contribution in [0.5, 0.6) is 5.75 Å². The standard InChI is InChI=1S/C18H17BrN4O3S/c19-11-1-5-13(6-2-11)25-10-14-7-8-15(26-14)17(24)20-9-16-21-22-18(27)23(16)12-3-4-12/h1-2,5-8,12H,3-4,9-10H2,(H,20,24)(H,22,27). The van der Waals surface area contributed by atoms with E-state index in [9.17, 15) is 4.79 Å². The highest BCUT2D eigenvalue weighted by molar-refractivity contribution is 9.10. The molecule has 9 heteroatoms. The molecule has 4 rings (SSSR count). The molecule has 1 aliphatic carbocycles. The molecule has 2 N–H and O–H groups in total. The molecule has 2 heterocycles. The lowest BCUT2D eigenvalue weighted by Gasteiger charge is -2.06. The van der Waals surface area contributed by atoms with E-state index in [1.54, 1.807) is 12.1 Å². The van der Waals surface area contributed by atoms with Gasteiger partial charge in [0, 0.05) is 10.5 Å². The van der Waals surface area contributed by atoms with Gasteiger partial charge < -0.3 is 14.5 Å². The second kappa shape index (κ2) is 7.69. The van der Waals surface area contributed by atoms with E-state index < -0.39 is 0 Å². The van der Waals surface area contributed by atoms with Crippen LogP contribution in [0.25, 0.3) is 0 Å². The monoisotopic (exact) mass is 448 g/mol. The van der Waals surface area contributed by atoms with Crippen LogP contribution in [0.4, 0.5) is 0 Å². The molecule has 0 atom stereocenters. The largest absolute Gasteiger partial charge is 0.486 e. The fraction of sp³-hybridized carbons (Fsp3) is 0.278. The van der Waals surface area contributed by atoms with Gasteiger partial charge in [-0.3, -0.25) is 14.5 Å². The molecule has 0 unspecified atom stereocenters. The SMILES string of the molecule is O=C(NCc1n[nH]c(=S)n1C1CC1)c1ccc(COc2ccc(Br)cc2)o1. The third kappa shape index (κ3) is 4.30. The highest BCUT2D eigenvalue weighted by atomic mass is 79.9. The van der Waals surface area contributed by atoms with E-state index in [0.717, 1.165) is 28.9 Å². The first-order chi connectivity index (χ1) is 13.1. The number of nitrogens with zero attached hydrogens (tertiary/aromatic N) is 2. The van der Waals surface area contributed by atoms with Crippen LogP contribution in [0.1, 0.15) is 41.0 Å². The topological polar surface area (TPSA) is 85.1 Å². The van der Waals surface area contributed by atoms with Gasteiger partial charge in [0.25, 0.3) is 5.91 Å². The van der Waals surface area contributed by atoms with E-state index in [4.69, 9.17) is 21.4 Å². The number of carbonyl (C=O) groups excluding carboxylic acids is 1. The quantitative estimate of drug-likeness (QED) is 0.530. The minimum absolute atomic E-state index is 0.233. The van der Waals surface area contributed by atoms with Crippen molar-refractivity contribution in [3.05, 3.63) is 63.0 Å². The predicted octanol–water partition coefficient (Wildman–Crippen LogP) is 4.14. The molecule has 1 aromatic carbocycles. The van der Waals surface area contributed by atoms with Crippen molar-refractivity contribution in [2.24, 2.45) is 0 Å². The normalized spacial score (nSPS) is 13.5. The average molecular weight is 449 g/mol. The number of halogens is 1. The van der Waals surface area contributed by atoms with Gasteiger partial charge in [-0.1, -0.05) is 15.9 Å². The number of nitrogens with one attached hydrogen (secondary N) is 2. The Balaban J connectivity index is 1.33. The number of aromatic amines is 1. The first kappa shape index (κ1) is 18.0. The maximum absolute atomic E-state index is 12.3. The van der Waals surface area contributed by atoms with Gasteiger partial charge >= 0.3 is 0 Å². The van der Waals surface area contributed by atoms with Crippen LogP contribution in [0, 0.1) is 4.77 Å². The molecule has 3 aromatic rings. The summed E-state index contributed by atoms with van der Waals surface area (Å²) < 4.78 is 14.8. The average Bonchev–Trinajstić information content (AvgIpc) is 3.26. The molecule has 1 amide bonds. The zero-order chi connectivity index (χ0) is 18.8. The molecule has 0 aliphatic heterocycles. The molecule has 0 spiro atoms. The lowest BCUT2D eigenvalue weighted by Crippen LogP contribution is -2.24. The summed E-state index contributed by atoms with van der Waals surface area (Å²) in [5.74, 6) is 1.95. The second-order valence-corrected chi connectivity index (χ2v) is 7.54. The third-order valence-corrected chi connectivity index (χ3v) is 4.99. The second-order valence-electron chi connectivity index (χ2n) is 6.24. The number of hydrogen-bond donors (Lipinski definition) is 2. The van der Waals surface area contributed by atoms with Gasteiger partial charge in [0.05, 0.1) is 6.54 Å². The summed E-state index contributed by atoms with van der Waals surface area (Å²) in [6, 6.07) is 11.3. The first-order valence-corrected chi connectivity index (χ1v) is 9.71. The van der Waals surface area contributed by atoms with E-state index in [-0.39, 0.29) is 24.8 Å². The molecule has 2 aromatic heterocycles. The van der Waals surface area contributed by atoms with Crippen molar-refractivity contribution in [1.82, 2.24) is 20.1 Å². The molecule has 0 bridgehead atoms. The van der Waals surface area contributed by atoms with Crippen molar-refractivity contribution in [2.45, 2.75) is 32.0 Å². The van der Waals surface area contributed by atoms with Gasteiger partial charge in [-0.15, -0.1) is 0 Å². The summed E-state index contributed by atoms with van der Waals surface area (Å²) in [5.41, 5.74) is 0. The lowest BCUT2D eigenvalue weighted by molar-refractivity contribution is 0.0917. The Morgan fingerprint density at radius 1 is 1.33 bits per heavy atom. The summed E-state index contributed by atoms with van der Waals surface area (Å²) in [4.78, 5) is 12.3. The fourth-order valence-corrected chi connectivity index (χ4v) is 3.24. The number of carbonyl (C=O) groups is 1. The number of benzene rings is 1. The Morgan fingerprint density at radius 2 is 2.11 bits per heavy atom. The molecule has 27 heavy (non-hydrogen) atoms. The van der Waals surface area contributed by atoms with Crippen LogP contribution in [-0.4, -0.2) is 20.7 Å².